The van der Waals surface area contributed by atoms with Gasteiger partial charge in [0.2, 0.25) is 0 Å². The molecule has 0 bridgehead atoms. The smallest absolute Gasteiger partial charge is 0.462 e. The average molecular weight is 814 g/mol. The van der Waals surface area contributed by atoms with E-state index in [-0.39, 0.29) is 38.6 Å². The lowest BCUT2D eigenvalue weighted by atomic mass is 10.0. The Labute approximate surface area is 344 Å². The largest absolute Gasteiger partial charge is 0.472 e. The Morgan fingerprint density at radius 1 is 0.536 bits per heavy atom. The van der Waals surface area contributed by atoms with Crippen LogP contribution in [0.4, 0.5) is 0 Å². The molecule has 2 atom stereocenters. The number of hydrogen-bond donors (Lipinski definition) is 2. The van der Waals surface area contributed by atoms with E-state index in [1.165, 1.54) is 141 Å². The minimum atomic E-state index is -4.38. The molecule has 0 aliphatic carbocycles. The van der Waals surface area contributed by atoms with E-state index in [0.717, 1.165) is 51.4 Å². The van der Waals surface area contributed by atoms with Crippen LogP contribution in [-0.4, -0.2) is 49.3 Å². The molecule has 0 saturated heterocycles. The van der Waals surface area contributed by atoms with Crippen molar-refractivity contribution in [2.75, 3.05) is 26.4 Å². The molecule has 3 N–H and O–H groups in total. The molecule has 0 aliphatic heterocycles. The summed E-state index contributed by atoms with van der Waals surface area (Å²) in [5.74, 6) is -0.823. The fourth-order valence-corrected chi connectivity index (χ4v) is 7.37. The number of carbonyl (C=O) groups excluding carboxylic acids is 2. The lowest BCUT2D eigenvalue weighted by molar-refractivity contribution is -0.161. The Bertz CT molecular complexity index is 975. The van der Waals surface area contributed by atoms with Gasteiger partial charge in [0.1, 0.15) is 6.61 Å². The van der Waals surface area contributed by atoms with Gasteiger partial charge in [-0.3, -0.25) is 18.6 Å². The van der Waals surface area contributed by atoms with E-state index in [9.17, 15) is 19.0 Å². The predicted octanol–water partition coefficient (Wildman–Crippen LogP) is 13.6. The van der Waals surface area contributed by atoms with Gasteiger partial charge in [0, 0.05) is 19.4 Å². The highest BCUT2D eigenvalue weighted by Gasteiger charge is 2.26. The van der Waals surface area contributed by atoms with Crippen LogP contribution in [-0.2, 0) is 32.7 Å². The standard InChI is InChI=1S/C46H88NO8P/c1-3-5-7-9-11-13-15-17-19-21-22-23-25-27-29-31-33-35-37-39-46(49)55-44(43-54-56(50,51)53-41-40-47)42-52-45(48)38-36-34-32-30-28-26-24-20-18-16-14-12-10-8-6-4-2/h11,13,17,19,44H,3-10,12,14-16,18,20-43,47H2,1-2H3,(H,50,51)/b13-11-,19-17-/t44-/m1/s1. The molecule has 0 fully saturated rings. The first kappa shape index (κ1) is 54.5. The Morgan fingerprint density at radius 2 is 0.929 bits per heavy atom. The molecule has 0 amide bonds. The second kappa shape index (κ2) is 43.1. The monoisotopic (exact) mass is 814 g/mol. The Hall–Kier alpha value is -1.51. The molecule has 330 valence electrons. The van der Waals surface area contributed by atoms with Crippen molar-refractivity contribution in [1.82, 2.24) is 0 Å². The van der Waals surface area contributed by atoms with E-state index < -0.39 is 26.5 Å². The number of hydrogen-bond acceptors (Lipinski definition) is 8. The molecule has 0 saturated carbocycles. The van der Waals surface area contributed by atoms with Crippen molar-refractivity contribution in [2.24, 2.45) is 5.73 Å². The van der Waals surface area contributed by atoms with Gasteiger partial charge < -0.3 is 20.1 Å². The number of esters is 2. The molecule has 1 unspecified atom stereocenters. The maximum atomic E-state index is 12.6. The number of carbonyl (C=O) groups is 2. The lowest BCUT2D eigenvalue weighted by Crippen LogP contribution is -2.29. The topological polar surface area (TPSA) is 134 Å². The summed E-state index contributed by atoms with van der Waals surface area (Å²) in [6, 6.07) is 0. The highest BCUT2D eigenvalue weighted by atomic mass is 31.2. The van der Waals surface area contributed by atoms with E-state index in [2.05, 4.69) is 38.2 Å². The van der Waals surface area contributed by atoms with Crippen LogP contribution >= 0.6 is 7.82 Å². The van der Waals surface area contributed by atoms with E-state index in [0.29, 0.717) is 6.42 Å². The van der Waals surface area contributed by atoms with E-state index in [1.807, 2.05) is 0 Å². The van der Waals surface area contributed by atoms with Gasteiger partial charge in [0.05, 0.1) is 13.2 Å². The zero-order chi connectivity index (χ0) is 41.1. The summed E-state index contributed by atoms with van der Waals surface area (Å²) in [4.78, 5) is 34.9. The number of phosphoric acid groups is 1. The summed E-state index contributed by atoms with van der Waals surface area (Å²) in [5.41, 5.74) is 5.35. The number of unbranched alkanes of at least 4 members (excludes halogenated alkanes) is 27. The van der Waals surface area contributed by atoms with Crippen LogP contribution in [0.15, 0.2) is 24.3 Å². The molecule has 0 aromatic rings. The van der Waals surface area contributed by atoms with Gasteiger partial charge in [-0.25, -0.2) is 4.57 Å². The van der Waals surface area contributed by atoms with Gasteiger partial charge in [-0.05, 0) is 44.9 Å². The van der Waals surface area contributed by atoms with Crippen LogP contribution in [0.25, 0.3) is 0 Å². The maximum absolute atomic E-state index is 12.6. The van der Waals surface area contributed by atoms with Gasteiger partial charge in [-0.1, -0.05) is 192 Å². The molecule has 9 nitrogen and oxygen atoms in total. The molecule has 56 heavy (non-hydrogen) atoms. The number of rotatable bonds is 44. The van der Waals surface area contributed by atoms with Crippen molar-refractivity contribution in [3.63, 3.8) is 0 Å². The SMILES string of the molecule is CCCCC/C=C\C/C=C\CCCCCCCCCCCC(=O)O[C@H](COC(=O)CCCCCCCCCCCCCCCCCC)COP(=O)(O)OCCN. The maximum Gasteiger partial charge on any atom is 0.472 e. The van der Waals surface area contributed by atoms with Crippen LogP contribution in [0.3, 0.4) is 0 Å². The third-order valence-electron chi connectivity index (χ3n) is 10.1. The Morgan fingerprint density at radius 3 is 1.39 bits per heavy atom. The first-order valence-corrected chi connectivity index (χ1v) is 24.8. The summed E-state index contributed by atoms with van der Waals surface area (Å²) >= 11 is 0. The molecular formula is C46H88NO8P. The summed E-state index contributed by atoms with van der Waals surface area (Å²) in [6.45, 7) is 3.74. The molecule has 0 aliphatic rings. The zero-order valence-electron chi connectivity index (χ0n) is 36.4. The summed E-state index contributed by atoms with van der Waals surface area (Å²) in [7, 11) is -4.38. The van der Waals surface area contributed by atoms with Gasteiger partial charge in [-0.2, -0.15) is 0 Å². The van der Waals surface area contributed by atoms with Gasteiger partial charge in [-0.15, -0.1) is 0 Å². The van der Waals surface area contributed by atoms with E-state index in [4.69, 9.17) is 24.3 Å². The molecule has 0 heterocycles. The van der Waals surface area contributed by atoms with Crippen LogP contribution in [0.2, 0.25) is 0 Å². The number of ether oxygens (including phenoxy) is 2. The minimum absolute atomic E-state index is 0.0544. The van der Waals surface area contributed by atoms with Crippen LogP contribution < -0.4 is 5.73 Å². The lowest BCUT2D eigenvalue weighted by Gasteiger charge is -2.19. The number of allylic oxidation sites excluding steroid dienone is 4. The second-order valence-electron chi connectivity index (χ2n) is 15.6. The van der Waals surface area contributed by atoms with Crippen molar-refractivity contribution in [3.8, 4) is 0 Å². The van der Waals surface area contributed by atoms with E-state index >= 15 is 0 Å². The fourth-order valence-electron chi connectivity index (χ4n) is 6.61. The molecule has 0 aromatic carbocycles. The molecule has 0 spiro atoms. The van der Waals surface area contributed by atoms with Crippen molar-refractivity contribution < 1.29 is 37.6 Å². The van der Waals surface area contributed by atoms with Gasteiger partial charge in [0.25, 0.3) is 0 Å². The van der Waals surface area contributed by atoms with Gasteiger partial charge >= 0.3 is 19.8 Å². The zero-order valence-corrected chi connectivity index (χ0v) is 37.3. The van der Waals surface area contributed by atoms with Crippen molar-refractivity contribution in [2.45, 2.75) is 232 Å². The predicted molar refractivity (Wildman–Crippen MR) is 234 cm³/mol. The van der Waals surface area contributed by atoms with Crippen molar-refractivity contribution in [1.29, 1.82) is 0 Å². The third-order valence-corrected chi connectivity index (χ3v) is 11.1. The Balaban J connectivity index is 4.09. The van der Waals surface area contributed by atoms with E-state index in [1.54, 1.807) is 0 Å². The molecular weight excluding hydrogens is 725 g/mol. The molecule has 0 rings (SSSR count). The van der Waals surface area contributed by atoms with Crippen LogP contribution in [0, 0.1) is 0 Å². The Kier molecular flexibility index (Phi) is 41.9. The molecule has 0 radical (unpaired) electrons. The number of nitrogens with two attached hydrogens (primary N) is 1. The van der Waals surface area contributed by atoms with Crippen LogP contribution in [0.1, 0.15) is 226 Å². The molecule has 10 heteroatoms. The average Bonchev–Trinajstić information content (AvgIpc) is 3.18. The summed E-state index contributed by atoms with van der Waals surface area (Å²) < 4.78 is 32.8. The minimum Gasteiger partial charge on any atom is -0.462 e. The first-order valence-electron chi connectivity index (χ1n) is 23.3. The normalized spacial score (nSPS) is 13.4. The number of phosphoric ester groups is 1. The van der Waals surface area contributed by atoms with Crippen LogP contribution in [0.5, 0.6) is 0 Å². The summed E-state index contributed by atoms with van der Waals surface area (Å²) in [6.07, 6.45) is 46.3. The molecule has 0 aromatic heterocycles. The first-order chi connectivity index (χ1) is 27.3. The second-order valence-corrected chi connectivity index (χ2v) is 17.1. The summed E-state index contributed by atoms with van der Waals surface area (Å²) in [5, 5.41) is 0. The third kappa shape index (κ3) is 42.1. The quantitative estimate of drug-likeness (QED) is 0.0267. The van der Waals surface area contributed by atoms with Crippen molar-refractivity contribution >= 4 is 19.8 Å². The van der Waals surface area contributed by atoms with Gasteiger partial charge in [0.15, 0.2) is 6.10 Å². The van der Waals surface area contributed by atoms with Crippen molar-refractivity contribution in [3.05, 3.63) is 24.3 Å². The highest BCUT2D eigenvalue weighted by molar-refractivity contribution is 7.47. The fraction of sp³-hybridized carbons (Fsp3) is 0.870. The highest BCUT2D eigenvalue weighted by Crippen LogP contribution is 2.43.